The van der Waals surface area contributed by atoms with E-state index < -0.39 is 5.82 Å². The van der Waals surface area contributed by atoms with E-state index in [1.165, 1.54) is 18.2 Å². The van der Waals surface area contributed by atoms with Crippen LogP contribution in [0.4, 0.5) is 4.39 Å². The summed E-state index contributed by atoms with van der Waals surface area (Å²) in [6.07, 6.45) is 0.0126. The molecule has 0 aliphatic rings. The standard InChI is InChI=1S/C14H16FN5O2S/c1-20-11(18-19-14(20)23)7-16-13(22)8-17-12(21)6-9-3-2-4-10(15)5-9/h2-5H,6-8H2,1H3,(H,16,22)(H,17,21)(H,19,23). The zero-order valence-corrected chi connectivity index (χ0v) is 13.2. The summed E-state index contributed by atoms with van der Waals surface area (Å²) >= 11 is 4.96. The molecule has 0 unspecified atom stereocenters. The molecule has 0 radical (unpaired) electrons. The molecule has 0 spiro atoms. The number of nitrogens with zero attached hydrogens (tertiary/aromatic N) is 2. The molecular formula is C14H16FN5O2S. The van der Waals surface area contributed by atoms with Crippen LogP contribution >= 0.6 is 12.2 Å². The van der Waals surface area contributed by atoms with Gasteiger partial charge < -0.3 is 15.2 Å². The van der Waals surface area contributed by atoms with Crippen LogP contribution in [0.2, 0.25) is 0 Å². The number of halogens is 1. The Labute approximate surface area is 136 Å². The first kappa shape index (κ1) is 16.8. The number of benzene rings is 1. The lowest BCUT2D eigenvalue weighted by Crippen LogP contribution is -2.37. The number of H-pyrrole nitrogens is 1. The van der Waals surface area contributed by atoms with Crippen LogP contribution in [-0.2, 0) is 29.6 Å². The largest absolute Gasteiger partial charge is 0.347 e. The van der Waals surface area contributed by atoms with Gasteiger partial charge in [-0.25, -0.2) is 4.39 Å². The topological polar surface area (TPSA) is 91.8 Å². The van der Waals surface area contributed by atoms with Gasteiger partial charge in [-0.3, -0.25) is 14.7 Å². The Bertz CT molecular complexity index is 771. The number of amides is 2. The molecule has 122 valence electrons. The van der Waals surface area contributed by atoms with Gasteiger partial charge in [0.1, 0.15) is 5.82 Å². The van der Waals surface area contributed by atoms with Crippen LogP contribution in [0.1, 0.15) is 11.4 Å². The number of rotatable bonds is 6. The van der Waals surface area contributed by atoms with Crippen molar-refractivity contribution in [3.05, 3.63) is 46.2 Å². The lowest BCUT2D eigenvalue weighted by molar-refractivity contribution is -0.125. The smallest absolute Gasteiger partial charge is 0.239 e. The zero-order valence-electron chi connectivity index (χ0n) is 12.4. The van der Waals surface area contributed by atoms with Gasteiger partial charge in [0.2, 0.25) is 11.8 Å². The van der Waals surface area contributed by atoms with Gasteiger partial charge in [0.05, 0.1) is 19.5 Å². The van der Waals surface area contributed by atoms with Gasteiger partial charge in [-0.1, -0.05) is 12.1 Å². The summed E-state index contributed by atoms with van der Waals surface area (Å²) in [5.41, 5.74) is 0.546. The van der Waals surface area contributed by atoms with E-state index in [4.69, 9.17) is 12.2 Å². The summed E-state index contributed by atoms with van der Waals surface area (Å²) in [5.74, 6) is -0.536. The van der Waals surface area contributed by atoms with Crippen LogP contribution in [0, 0.1) is 10.6 Å². The average molecular weight is 337 g/mol. The Kier molecular flexibility index (Phi) is 5.58. The highest BCUT2D eigenvalue weighted by Crippen LogP contribution is 2.03. The Hall–Kier alpha value is -2.55. The molecule has 7 nitrogen and oxygen atoms in total. The second kappa shape index (κ2) is 7.63. The molecule has 9 heteroatoms. The quantitative estimate of drug-likeness (QED) is 0.673. The van der Waals surface area contributed by atoms with Crippen LogP contribution in [0.15, 0.2) is 24.3 Å². The molecule has 2 amide bonds. The van der Waals surface area contributed by atoms with E-state index in [0.29, 0.717) is 16.2 Å². The number of aromatic amines is 1. The molecule has 0 saturated carbocycles. The highest BCUT2D eigenvalue weighted by molar-refractivity contribution is 7.71. The lowest BCUT2D eigenvalue weighted by atomic mass is 10.1. The van der Waals surface area contributed by atoms with Crippen molar-refractivity contribution in [1.29, 1.82) is 0 Å². The SMILES string of the molecule is Cn1c(CNC(=O)CNC(=O)Cc2cccc(F)c2)n[nH]c1=S. The molecule has 23 heavy (non-hydrogen) atoms. The van der Waals surface area contributed by atoms with E-state index in [9.17, 15) is 14.0 Å². The van der Waals surface area contributed by atoms with Gasteiger partial charge in [0.25, 0.3) is 0 Å². The predicted octanol–water partition coefficient (Wildman–Crippen LogP) is 0.592. The maximum absolute atomic E-state index is 13.0. The van der Waals surface area contributed by atoms with E-state index in [1.807, 2.05) is 0 Å². The fourth-order valence-electron chi connectivity index (χ4n) is 1.85. The molecule has 0 aliphatic carbocycles. The maximum atomic E-state index is 13.0. The second-order valence-electron chi connectivity index (χ2n) is 4.86. The van der Waals surface area contributed by atoms with Crippen molar-refractivity contribution in [1.82, 2.24) is 25.4 Å². The number of carbonyl (C=O) groups excluding carboxylic acids is 2. The van der Waals surface area contributed by atoms with Crippen molar-refractivity contribution in [2.45, 2.75) is 13.0 Å². The van der Waals surface area contributed by atoms with Crippen molar-refractivity contribution in [2.24, 2.45) is 7.05 Å². The first-order valence-electron chi connectivity index (χ1n) is 6.84. The van der Waals surface area contributed by atoms with Gasteiger partial charge in [-0.2, -0.15) is 5.10 Å². The van der Waals surface area contributed by atoms with Crippen LogP contribution in [0.3, 0.4) is 0 Å². The van der Waals surface area contributed by atoms with Crippen molar-refractivity contribution in [2.75, 3.05) is 6.54 Å². The summed E-state index contributed by atoms with van der Waals surface area (Å²) in [4.78, 5) is 23.4. The van der Waals surface area contributed by atoms with Gasteiger partial charge in [-0.05, 0) is 29.9 Å². The van der Waals surface area contributed by atoms with Crippen LogP contribution in [-0.4, -0.2) is 33.1 Å². The van der Waals surface area contributed by atoms with Gasteiger partial charge >= 0.3 is 0 Å². The van der Waals surface area contributed by atoms with Gasteiger partial charge in [0.15, 0.2) is 10.6 Å². The maximum Gasteiger partial charge on any atom is 0.239 e. The average Bonchev–Trinajstić information content (AvgIpc) is 2.82. The highest BCUT2D eigenvalue weighted by Gasteiger charge is 2.08. The molecule has 0 bridgehead atoms. The zero-order chi connectivity index (χ0) is 16.8. The third-order valence-electron chi connectivity index (χ3n) is 3.12. The Morgan fingerprint density at radius 1 is 1.35 bits per heavy atom. The molecule has 3 N–H and O–H groups in total. The molecule has 0 saturated heterocycles. The van der Waals surface area contributed by atoms with E-state index >= 15 is 0 Å². The number of carbonyl (C=O) groups is 2. The molecular weight excluding hydrogens is 321 g/mol. The highest BCUT2D eigenvalue weighted by atomic mass is 32.1. The summed E-state index contributed by atoms with van der Waals surface area (Å²) in [5, 5.41) is 11.7. The fraction of sp³-hybridized carbons (Fsp3) is 0.286. The Morgan fingerprint density at radius 2 is 2.13 bits per heavy atom. The molecule has 0 fully saturated rings. The van der Waals surface area contributed by atoms with Crippen LogP contribution in [0.25, 0.3) is 0 Å². The number of aromatic nitrogens is 3. The number of nitrogens with one attached hydrogen (secondary N) is 3. The number of hydrogen-bond acceptors (Lipinski definition) is 4. The van der Waals surface area contributed by atoms with E-state index in [1.54, 1.807) is 17.7 Å². The van der Waals surface area contributed by atoms with Gasteiger partial charge in [0, 0.05) is 7.05 Å². The predicted molar refractivity (Wildman–Crippen MR) is 83.4 cm³/mol. The summed E-state index contributed by atoms with van der Waals surface area (Å²) in [6, 6.07) is 5.76. The number of hydrogen-bond donors (Lipinski definition) is 3. The molecule has 2 rings (SSSR count). The van der Waals surface area contributed by atoms with Crippen molar-refractivity contribution < 1.29 is 14.0 Å². The van der Waals surface area contributed by atoms with Crippen LogP contribution < -0.4 is 10.6 Å². The first-order valence-corrected chi connectivity index (χ1v) is 7.24. The van der Waals surface area contributed by atoms with Crippen molar-refractivity contribution >= 4 is 24.0 Å². The summed E-state index contributed by atoms with van der Waals surface area (Å²) < 4.78 is 15.1. The van der Waals surface area contributed by atoms with E-state index in [2.05, 4.69) is 20.8 Å². The molecule has 1 heterocycles. The van der Waals surface area contributed by atoms with Crippen molar-refractivity contribution in [3.8, 4) is 0 Å². The monoisotopic (exact) mass is 337 g/mol. The molecule has 1 aromatic carbocycles. The van der Waals surface area contributed by atoms with E-state index in [0.717, 1.165) is 0 Å². The lowest BCUT2D eigenvalue weighted by Gasteiger charge is -2.07. The minimum atomic E-state index is -0.402. The van der Waals surface area contributed by atoms with Crippen molar-refractivity contribution in [3.63, 3.8) is 0 Å². The van der Waals surface area contributed by atoms with E-state index in [-0.39, 0.29) is 31.3 Å². The third-order valence-corrected chi connectivity index (χ3v) is 3.48. The Morgan fingerprint density at radius 3 is 2.78 bits per heavy atom. The van der Waals surface area contributed by atoms with Gasteiger partial charge in [-0.15, -0.1) is 0 Å². The molecule has 0 aliphatic heterocycles. The minimum Gasteiger partial charge on any atom is -0.347 e. The summed E-state index contributed by atoms with van der Waals surface area (Å²) in [7, 11) is 1.73. The molecule has 0 atom stereocenters. The second-order valence-corrected chi connectivity index (χ2v) is 5.25. The molecule has 1 aromatic heterocycles. The Balaban J connectivity index is 1.74. The summed E-state index contributed by atoms with van der Waals surface area (Å²) in [6.45, 7) is 0.0330. The minimum absolute atomic E-state index is 0.0126. The third kappa shape index (κ3) is 4.99. The van der Waals surface area contributed by atoms with Crippen LogP contribution in [0.5, 0.6) is 0 Å². The normalized spacial score (nSPS) is 10.3. The molecule has 2 aromatic rings. The fourth-order valence-corrected chi connectivity index (χ4v) is 2.00. The first-order chi connectivity index (χ1) is 11.0.